The van der Waals surface area contributed by atoms with Gasteiger partial charge in [-0.3, -0.25) is 19.5 Å². The molecular formula is C23H22N2O2. The average molecular weight is 358 g/mol. The maximum Gasteiger partial charge on any atom is 0.261 e. The number of aromatic nitrogens is 1. The van der Waals surface area contributed by atoms with E-state index >= 15 is 0 Å². The highest BCUT2D eigenvalue weighted by Crippen LogP contribution is 2.23. The van der Waals surface area contributed by atoms with Crippen LogP contribution in [0.2, 0.25) is 0 Å². The second-order valence-electron chi connectivity index (χ2n) is 7.01. The van der Waals surface area contributed by atoms with Gasteiger partial charge in [-0.05, 0) is 49.1 Å². The van der Waals surface area contributed by atoms with Gasteiger partial charge in [-0.1, -0.05) is 43.2 Å². The molecule has 27 heavy (non-hydrogen) atoms. The van der Waals surface area contributed by atoms with Gasteiger partial charge in [0, 0.05) is 18.1 Å². The second kappa shape index (κ2) is 7.70. The van der Waals surface area contributed by atoms with E-state index in [4.69, 9.17) is 0 Å². The van der Waals surface area contributed by atoms with Crippen LogP contribution in [-0.4, -0.2) is 28.2 Å². The van der Waals surface area contributed by atoms with Gasteiger partial charge in [0.15, 0.2) is 0 Å². The Bertz CT molecular complexity index is 961. The average Bonchev–Trinajstić information content (AvgIpc) is 2.95. The van der Waals surface area contributed by atoms with Crippen molar-refractivity contribution in [1.29, 1.82) is 0 Å². The number of pyridine rings is 1. The lowest BCUT2D eigenvalue weighted by Gasteiger charge is -2.13. The Labute approximate surface area is 158 Å². The lowest BCUT2D eigenvalue weighted by molar-refractivity contribution is 0.0651. The molecule has 1 aromatic heterocycles. The fraction of sp³-hybridized carbons (Fsp3) is 0.261. The number of hydrogen-bond acceptors (Lipinski definition) is 3. The molecule has 0 atom stereocenters. The third-order valence-corrected chi connectivity index (χ3v) is 5.12. The number of hydrogen-bond donors (Lipinski definition) is 0. The summed E-state index contributed by atoms with van der Waals surface area (Å²) in [5.41, 5.74) is 3.36. The van der Waals surface area contributed by atoms with E-state index in [-0.39, 0.29) is 11.8 Å². The highest BCUT2D eigenvalue weighted by atomic mass is 16.2. The van der Waals surface area contributed by atoms with Crippen molar-refractivity contribution in [2.75, 3.05) is 6.54 Å². The first-order chi connectivity index (χ1) is 13.2. The van der Waals surface area contributed by atoms with Crippen LogP contribution >= 0.6 is 0 Å². The highest BCUT2D eigenvalue weighted by molar-refractivity contribution is 6.21. The lowest BCUT2D eigenvalue weighted by atomic mass is 10.1. The van der Waals surface area contributed by atoms with E-state index in [0.29, 0.717) is 17.7 Å². The number of imide groups is 1. The second-order valence-corrected chi connectivity index (χ2v) is 7.01. The maximum atomic E-state index is 12.3. The van der Waals surface area contributed by atoms with E-state index in [1.807, 2.05) is 24.4 Å². The number of rotatable bonds is 7. The minimum absolute atomic E-state index is 0.155. The van der Waals surface area contributed by atoms with Crippen LogP contribution < -0.4 is 0 Å². The number of aryl methyl sites for hydroxylation is 1. The van der Waals surface area contributed by atoms with E-state index < -0.39 is 0 Å². The molecule has 1 aliphatic rings. The molecule has 136 valence electrons. The monoisotopic (exact) mass is 358 g/mol. The minimum atomic E-state index is -0.155. The van der Waals surface area contributed by atoms with Gasteiger partial charge in [0.1, 0.15) is 0 Å². The summed E-state index contributed by atoms with van der Waals surface area (Å²) in [6, 6.07) is 17.4. The number of benzene rings is 2. The zero-order chi connectivity index (χ0) is 18.6. The van der Waals surface area contributed by atoms with Crippen LogP contribution in [0.15, 0.2) is 60.8 Å². The molecule has 3 aromatic rings. The Hall–Kier alpha value is -3.01. The Balaban J connectivity index is 1.22. The summed E-state index contributed by atoms with van der Waals surface area (Å²) in [4.78, 5) is 30.5. The van der Waals surface area contributed by atoms with Crippen LogP contribution in [-0.2, 0) is 6.42 Å². The third-order valence-electron chi connectivity index (χ3n) is 5.12. The molecule has 0 unspecified atom stereocenters. The number of carbonyl (C=O) groups is 2. The van der Waals surface area contributed by atoms with Crippen LogP contribution in [0, 0.1) is 0 Å². The highest BCUT2D eigenvalue weighted by Gasteiger charge is 2.34. The third kappa shape index (κ3) is 3.61. The van der Waals surface area contributed by atoms with E-state index in [1.54, 1.807) is 24.3 Å². The summed E-state index contributed by atoms with van der Waals surface area (Å²) < 4.78 is 0. The Morgan fingerprint density at radius 1 is 0.778 bits per heavy atom. The van der Waals surface area contributed by atoms with Crippen molar-refractivity contribution in [1.82, 2.24) is 9.88 Å². The normalized spacial score (nSPS) is 13.4. The van der Waals surface area contributed by atoms with Crippen LogP contribution in [0.4, 0.5) is 0 Å². The van der Waals surface area contributed by atoms with E-state index in [9.17, 15) is 9.59 Å². The summed E-state index contributed by atoms with van der Waals surface area (Å²) in [6.07, 6.45) is 6.99. The summed E-state index contributed by atoms with van der Waals surface area (Å²) in [6.45, 7) is 0.504. The molecule has 2 aromatic carbocycles. The molecule has 2 heterocycles. The fourth-order valence-electron chi connectivity index (χ4n) is 3.65. The van der Waals surface area contributed by atoms with Gasteiger partial charge in [0.05, 0.1) is 16.6 Å². The number of amides is 2. The van der Waals surface area contributed by atoms with Gasteiger partial charge < -0.3 is 0 Å². The van der Waals surface area contributed by atoms with Crippen LogP contribution in [0.25, 0.3) is 10.9 Å². The molecule has 1 aliphatic heterocycles. The fourth-order valence-corrected chi connectivity index (χ4v) is 3.65. The Morgan fingerprint density at radius 2 is 1.44 bits per heavy atom. The molecule has 2 amide bonds. The molecule has 0 saturated carbocycles. The van der Waals surface area contributed by atoms with E-state index in [1.165, 1.54) is 15.8 Å². The van der Waals surface area contributed by atoms with E-state index in [2.05, 4.69) is 17.1 Å². The largest absolute Gasteiger partial charge is 0.274 e. The molecular weight excluding hydrogens is 336 g/mol. The first-order valence-electron chi connectivity index (χ1n) is 9.53. The van der Waals surface area contributed by atoms with Gasteiger partial charge in [0.2, 0.25) is 0 Å². The predicted molar refractivity (Wildman–Crippen MR) is 106 cm³/mol. The quantitative estimate of drug-likeness (QED) is 0.457. The van der Waals surface area contributed by atoms with Gasteiger partial charge in [-0.25, -0.2) is 0 Å². The zero-order valence-electron chi connectivity index (χ0n) is 15.2. The summed E-state index contributed by atoms with van der Waals surface area (Å²) in [5, 5.41) is 1.18. The van der Waals surface area contributed by atoms with Crippen LogP contribution in [0.5, 0.6) is 0 Å². The molecule has 0 bridgehead atoms. The topological polar surface area (TPSA) is 50.3 Å². The first-order valence-corrected chi connectivity index (χ1v) is 9.53. The molecule has 0 spiro atoms. The van der Waals surface area contributed by atoms with Crippen molar-refractivity contribution >= 4 is 22.7 Å². The summed E-state index contributed by atoms with van der Waals surface area (Å²) in [7, 11) is 0. The lowest BCUT2D eigenvalue weighted by Crippen LogP contribution is -2.30. The first kappa shape index (κ1) is 17.4. The molecule has 0 radical (unpaired) electrons. The molecule has 0 N–H and O–H groups in total. The number of carbonyl (C=O) groups excluding carboxylic acids is 2. The molecule has 4 rings (SSSR count). The number of para-hydroxylation sites is 1. The van der Waals surface area contributed by atoms with Crippen molar-refractivity contribution < 1.29 is 9.59 Å². The number of unbranched alkanes of at least 4 members (excludes halogenated alkanes) is 3. The molecule has 0 fully saturated rings. The molecule has 0 saturated heterocycles. The SMILES string of the molecule is O=C1c2ccccc2C(=O)N1CCCCCCc1cnc2ccccc2c1. The van der Waals surface area contributed by atoms with Gasteiger partial charge in [-0.2, -0.15) is 0 Å². The Morgan fingerprint density at radius 3 is 2.22 bits per heavy atom. The predicted octanol–water partition coefficient (Wildman–Crippen LogP) is 4.63. The molecule has 0 aliphatic carbocycles. The smallest absolute Gasteiger partial charge is 0.261 e. The van der Waals surface area contributed by atoms with Gasteiger partial charge in [-0.15, -0.1) is 0 Å². The van der Waals surface area contributed by atoms with Crippen molar-refractivity contribution in [3.63, 3.8) is 0 Å². The Kier molecular flexibility index (Phi) is 4.97. The minimum Gasteiger partial charge on any atom is -0.274 e. The van der Waals surface area contributed by atoms with Gasteiger partial charge >= 0.3 is 0 Å². The summed E-state index contributed by atoms with van der Waals surface area (Å²) >= 11 is 0. The van der Waals surface area contributed by atoms with E-state index in [0.717, 1.165) is 37.6 Å². The maximum absolute atomic E-state index is 12.3. The summed E-state index contributed by atoms with van der Waals surface area (Å²) in [5.74, 6) is -0.310. The van der Waals surface area contributed by atoms with Crippen molar-refractivity contribution in [3.05, 3.63) is 77.5 Å². The zero-order valence-corrected chi connectivity index (χ0v) is 15.2. The van der Waals surface area contributed by atoms with Gasteiger partial charge in [0.25, 0.3) is 11.8 Å². The van der Waals surface area contributed by atoms with Crippen LogP contribution in [0.3, 0.4) is 0 Å². The van der Waals surface area contributed by atoms with Crippen molar-refractivity contribution in [3.8, 4) is 0 Å². The molecule has 4 nitrogen and oxygen atoms in total. The van der Waals surface area contributed by atoms with Crippen LogP contribution in [0.1, 0.15) is 52.0 Å². The molecule has 4 heteroatoms. The number of nitrogens with zero attached hydrogens (tertiary/aromatic N) is 2. The standard InChI is InChI=1S/C23H22N2O2/c26-22-19-11-5-6-12-20(19)23(27)25(22)14-8-2-1-3-9-17-15-18-10-4-7-13-21(18)24-16-17/h4-7,10-13,15-16H,1-3,8-9,14H2. The van der Waals surface area contributed by atoms with Crippen molar-refractivity contribution in [2.45, 2.75) is 32.1 Å². The van der Waals surface area contributed by atoms with Crippen molar-refractivity contribution in [2.24, 2.45) is 0 Å². The number of fused-ring (bicyclic) bond motifs is 2.